The zero-order chi connectivity index (χ0) is 15.7. The molecule has 114 valence electrons. The van der Waals surface area contributed by atoms with E-state index in [1.165, 1.54) is 0 Å². The minimum atomic E-state index is -0.471. The van der Waals surface area contributed by atoms with Crippen molar-refractivity contribution in [3.63, 3.8) is 0 Å². The summed E-state index contributed by atoms with van der Waals surface area (Å²) in [7, 11) is 0. The molecule has 22 heavy (non-hydrogen) atoms. The van der Waals surface area contributed by atoms with Gasteiger partial charge in [-0.05, 0) is 12.0 Å². The Hall–Kier alpha value is -2.90. The first-order valence-corrected chi connectivity index (χ1v) is 6.91. The molecule has 8 nitrogen and oxygen atoms in total. The third-order valence-electron chi connectivity index (χ3n) is 3.04. The van der Waals surface area contributed by atoms with Crippen molar-refractivity contribution in [2.24, 2.45) is 10.9 Å². The van der Waals surface area contributed by atoms with Crippen LogP contribution in [-0.2, 0) is 0 Å². The standard InChI is InChI=1S/C14H16N6O2/c1-8(2)6-15-11-3-4-20-12(18-11)9(7-16-20)5-10-13(21)19-14(22)17-10/h3-5,7-8,21H,6H2,1-2H3,(H2,17,19,22). The third-order valence-corrected chi connectivity index (χ3v) is 3.04. The molecule has 3 aromatic heterocycles. The van der Waals surface area contributed by atoms with E-state index in [1.54, 1.807) is 29.1 Å². The van der Waals surface area contributed by atoms with E-state index in [9.17, 15) is 9.90 Å². The fourth-order valence-corrected chi connectivity index (χ4v) is 1.99. The van der Waals surface area contributed by atoms with E-state index in [1.807, 2.05) is 0 Å². The first-order valence-electron chi connectivity index (χ1n) is 6.91. The highest BCUT2D eigenvalue weighted by Gasteiger charge is 2.04. The number of rotatable bonds is 3. The highest BCUT2D eigenvalue weighted by molar-refractivity contribution is 5.56. The van der Waals surface area contributed by atoms with Gasteiger partial charge in [0.15, 0.2) is 11.1 Å². The number of aromatic nitrogens is 5. The van der Waals surface area contributed by atoms with Gasteiger partial charge < -0.3 is 10.1 Å². The molecule has 3 rings (SSSR count). The number of fused-ring (bicyclic) bond motifs is 1. The molecule has 0 aliphatic rings. The zero-order valence-corrected chi connectivity index (χ0v) is 12.2. The van der Waals surface area contributed by atoms with Crippen molar-refractivity contribution < 1.29 is 5.11 Å². The molecule has 8 heteroatoms. The molecule has 0 saturated heterocycles. The van der Waals surface area contributed by atoms with Crippen molar-refractivity contribution in [3.8, 4) is 5.88 Å². The summed E-state index contributed by atoms with van der Waals surface area (Å²) in [5.74, 6) is 0.237. The maximum absolute atomic E-state index is 11.2. The van der Waals surface area contributed by atoms with E-state index >= 15 is 0 Å². The molecule has 3 N–H and O–H groups in total. The summed E-state index contributed by atoms with van der Waals surface area (Å²) in [6.07, 6.45) is 4.99. The molecule has 0 fully saturated rings. The average Bonchev–Trinajstić information content (AvgIpc) is 3.00. The molecule has 0 bridgehead atoms. The number of aromatic amines is 2. The predicted octanol–water partition coefficient (Wildman–Crippen LogP) is -0.444. The second-order valence-corrected chi connectivity index (χ2v) is 5.37. The third kappa shape index (κ3) is 2.76. The van der Waals surface area contributed by atoms with E-state index < -0.39 is 5.69 Å². The lowest BCUT2D eigenvalue weighted by atomic mass is 10.2. The monoisotopic (exact) mass is 300 g/mol. The molecule has 0 radical (unpaired) electrons. The molecule has 0 spiro atoms. The fourth-order valence-electron chi connectivity index (χ4n) is 1.99. The number of hydrogen-bond acceptors (Lipinski definition) is 5. The Kier molecular flexibility index (Phi) is 3.50. The number of aromatic hydroxyl groups is 1. The molecule has 0 aromatic carbocycles. The highest BCUT2D eigenvalue weighted by Crippen LogP contribution is 2.07. The lowest BCUT2D eigenvalue weighted by Gasteiger charge is -1.97. The van der Waals surface area contributed by atoms with Crippen LogP contribution in [0, 0.1) is 5.92 Å². The molecule has 0 unspecified atom stereocenters. The minimum Gasteiger partial charge on any atom is -0.493 e. The quantitative estimate of drug-likeness (QED) is 0.608. The van der Waals surface area contributed by atoms with Crippen LogP contribution in [0.5, 0.6) is 5.88 Å². The predicted molar refractivity (Wildman–Crippen MR) is 80.1 cm³/mol. The highest BCUT2D eigenvalue weighted by atomic mass is 16.3. The van der Waals surface area contributed by atoms with Gasteiger partial charge in [-0.1, -0.05) is 13.8 Å². The van der Waals surface area contributed by atoms with Gasteiger partial charge in [0.2, 0.25) is 5.88 Å². The Balaban J connectivity index is 2.14. The maximum atomic E-state index is 11.2. The van der Waals surface area contributed by atoms with Gasteiger partial charge in [-0.25, -0.2) is 14.3 Å². The van der Waals surface area contributed by atoms with Crippen LogP contribution in [0.2, 0.25) is 0 Å². The van der Waals surface area contributed by atoms with Crippen LogP contribution in [0.1, 0.15) is 19.5 Å². The molecule has 0 aliphatic carbocycles. The zero-order valence-electron chi connectivity index (χ0n) is 12.2. The Bertz CT molecular complexity index is 979. The molecule has 0 amide bonds. The number of H-pyrrole nitrogens is 2. The van der Waals surface area contributed by atoms with E-state index in [4.69, 9.17) is 0 Å². The summed E-state index contributed by atoms with van der Waals surface area (Å²) in [6.45, 7) is 4.87. The van der Waals surface area contributed by atoms with Gasteiger partial charge in [0.05, 0.1) is 6.20 Å². The minimum absolute atomic E-state index is 0.218. The first-order chi connectivity index (χ1) is 10.5. The number of nitrogens with zero attached hydrogens (tertiary/aromatic N) is 4. The van der Waals surface area contributed by atoms with E-state index in [0.29, 0.717) is 28.8 Å². The van der Waals surface area contributed by atoms with Gasteiger partial charge >= 0.3 is 5.69 Å². The lowest BCUT2D eigenvalue weighted by Crippen LogP contribution is -2.14. The number of hydrogen-bond donors (Lipinski definition) is 3. The summed E-state index contributed by atoms with van der Waals surface area (Å²) in [5, 5.41) is 14.5. The largest absolute Gasteiger partial charge is 0.493 e. The molecule has 0 saturated carbocycles. The van der Waals surface area contributed by atoms with Crippen LogP contribution in [-0.4, -0.2) is 36.2 Å². The van der Waals surface area contributed by atoms with Crippen molar-refractivity contribution in [2.45, 2.75) is 13.8 Å². The molecule has 3 aromatic rings. The van der Waals surface area contributed by atoms with E-state index in [2.05, 4.69) is 38.9 Å². The van der Waals surface area contributed by atoms with Gasteiger partial charge in [0.1, 0.15) is 5.69 Å². The van der Waals surface area contributed by atoms with Gasteiger partial charge in [-0.2, -0.15) is 5.10 Å². The van der Waals surface area contributed by atoms with Crippen LogP contribution < -0.4 is 16.4 Å². The molecular formula is C14H16N6O2. The van der Waals surface area contributed by atoms with E-state index in [0.717, 1.165) is 0 Å². The van der Waals surface area contributed by atoms with Crippen LogP contribution >= 0.6 is 0 Å². The average molecular weight is 300 g/mol. The second kappa shape index (κ2) is 5.47. The van der Waals surface area contributed by atoms with Crippen molar-refractivity contribution in [2.75, 3.05) is 6.54 Å². The Morgan fingerprint density at radius 1 is 1.45 bits per heavy atom. The van der Waals surface area contributed by atoms with Crippen LogP contribution in [0.15, 0.2) is 28.2 Å². The Morgan fingerprint density at radius 2 is 2.27 bits per heavy atom. The summed E-state index contributed by atoms with van der Waals surface area (Å²) < 4.78 is 1.61. The van der Waals surface area contributed by atoms with Crippen LogP contribution in [0.4, 0.5) is 0 Å². The Morgan fingerprint density at radius 3 is 2.95 bits per heavy atom. The summed E-state index contributed by atoms with van der Waals surface area (Å²) in [6, 6.07) is 1.79. The molecule has 3 heterocycles. The number of nitrogens with one attached hydrogen (secondary N) is 2. The maximum Gasteiger partial charge on any atom is 0.326 e. The summed E-state index contributed by atoms with van der Waals surface area (Å²) >= 11 is 0. The molecule has 0 aliphatic heterocycles. The van der Waals surface area contributed by atoms with Crippen molar-refractivity contribution in [3.05, 3.63) is 45.3 Å². The SMILES string of the molecule is CC(C)CN=c1ccn2ncc(=Cc3[nH]c(=O)[nH]c3O)c2n1. The smallest absolute Gasteiger partial charge is 0.326 e. The van der Waals surface area contributed by atoms with Gasteiger partial charge in [0.25, 0.3) is 0 Å². The number of imidazole rings is 1. The normalized spacial score (nSPS) is 13.6. The lowest BCUT2D eigenvalue weighted by molar-refractivity contribution is 0.454. The topological polar surface area (TPSA) is 111 Å². The van der Waals surface area contributed by atoms with Gasteiger partial charge in [-0.15, -0.1) is 0 Å². The van der Waals surface area contributed by atoms with Crippen LogP contribution in [0.25, 0.3) is 11.7 Å². The second-order valence-electron chi connectivity index (χ2n) is 5.37. The summed E-state index contributed by atoms with van der Waals surface area (Å²) in [5.41, 5.74) is 1.04. The molecule has 0 atom stereocenters. The molecular weight excluding hydrogens is 284 g/mol. The Labute approximate surface area is 124 Å². The van der Waals surface area contributed by atoms with E-state index in [-0.39, 0.29) is 11.6 Å². The van der Waals surface area contributed by atoms with Crippen molar-refractivity contribution in [1.29, 1.82) is 0 Å². The van der Waals surface area contributed by atoms with Gasteiger partial charge in [-0.3, -0.25) is 9.98 Å². The van der Waals surface area contributed by atoms with Crippen molar-refractivity contribution in [1.82, 2.24) is 24.6 Å². The fraction of sp³-hybridized carbons (Fsp3) is 0.286. The summed E-state index contributed by atoms with van der Waals surface area (Å²) in [4.78, 5) is 24.8. The van der Waals surface area contributed by atoms with Gasteiger partial charge in [0, 0.05) is 24.0 Å². The van der Waals surface area contributed by atoms with Crippen LogP contribution in [0.3, 0.4) is 0 Å². The first kappa shape index (κ1) is 14.1. The van der Waals surface area contributed by atoms with Crippen molar-refractivity contribution >= 4 is 11.7 Å².